The molecule has 0 heterocycles. The Hall–Kier alpha value is -0.820. The molecule has 19 heavy (non-hydrogen) atoms. The van der Waals surface area contributed by atoms with Gasteiger partial charge in [-0.2, -0.15) is 0 Å². The second-order valence-electron chi connectivity index (χ2n) is 7.63. The molecule has 3 rings (SSSR count). The minimum atomic E-state index is 0.253. The summed E-state index contributed by atoms with van der Waals surface area (Å²) in [6, 6.07) is 9.86. The summed E-state index contributed by atoms with van der Waals surface area (Å²) in [6.45, 7) is 6.84. The highest BCUT2D eigenvalue weighted by molar-refractivity contribution is 5.30. The van der Waals surface area contributed by atoms with Crippen molar-refractivity contribution < 1.29 is 0 Å². The maximum absolute atomic E-state index is 3.56. The predicted molar refractivity (Wildman–Crippen MR) is 81.3 cm³/mol. The molecule has 1 aromatic carbocycles. The highest BCUT2D eigenvalue weighted by Crippen LogP contribution is 2.57. The lowest BCUT2D eigenvalue weighted by molar-refractivity contribution is 0.359. The Morgan fingerprint density at radius 2 is 1.58 bits per heavy atom. The molecule has 1 heteroatoms. The van der Waals surface area contributed by atoms with E-state index in [9.17, 15) is 0 Å². The smallest absolute Gasteiger partial charge is 0.0346 e. The van der Waals surface area contributed by atoms with Crippen LogP contribution in [0.15, 0.2) is 24.3 Å². The summed E-state index contributed by atoms with van der Waals surface area (Å²) in [7, 11) is 2.12. The number of nitrogens with one attached hydrogen (secondary N) is 1. The molecule has 3 unspecified atom stereocenters. The van der Waals surface area contributed by atoms with Crippen molar-refractivity contribution in [2.45, 2.75) is 51.5 Å². The first kappa shape index (κ1) is 13.2. The Balaban J connectivity index is 1.76. The molecule has 0 saturated heterocycles. The van der Waals surface area contributed by atoms with Crippen LogP contribution in [0.2, 0.25) is 0 Å². The number of hydrogen-bond donors (Lipinski definition) is 1. The van der Waals surface area contributed by atoms with Gasteiger partial charge in [-0.25, -0.2) is 0 Å². The van der Waals surface area contributed by atoms with E-state index in [4.69, 9.17) is 0 Å². The molecule has 2 aliphatic carbocycles. The summed E-state index contributed by atoms with van der Waals surface area (Å²) in [6.07, 6.45) is 4.39. The Labute approximate surface area is 117 Å². The third kappa shape index (κ3) is 2.58. The van der Waals surface area contributed by atoms with Gasteiger partial charge >= 0.3 is 0 Å². The van der Waals surface area contributed by atoms with E-state index in [2.05, 4.69) is 57.4 Å². The van der Waals surface area contributed by atoms with Crippen LogP contribution in [0.5, 0.6) is 0 Å². The molecule has 2 saturated carbocycles. The zero-order chi connectivity index (χ0) is 13.6. The molecule has 0 amide bonds. The molecular formula is C18H27N. The van der Waals surface area contributed by atoms with Gasteiger partial charge in [0.2, 0.25) is 0 Å². The van der Waals surface area contributed by atoms with E-state index in [0.29, 0.717) is 6.04 Å². The largest absolute Gasteiger partial charge is 0.313 e. The third-order valence-electron chi connectivity index (χ3n) is 5.20. The molecule has 0 spiro atoms. The molecular weight excluding hydrogens is 230 g/mol. The lowest BCUT2D eigenvalue weighted by atomic mass is 9.84. The zero-order valence-corrected chi connectivity index (χ0v) is 12.7. The predicted octanol–water partition coefficient (Wildman–Crippen LogP) is 4.29. The van der Waals surface area contributed by atoms with Gasteiger partial charge in [-0.1, -0.05) is 45.0 Å². The lowest BCUT2D eigenvalue weighted by Gasteiger charge is -2.26. The van der Waals surface area contributed by atoms with Crippen LogP contribution in [-0.2, 0) is 5.41 Å². The van der Waals surface area contributed by atoms with Crippen molar-refractivity contribution in [2.24, 2.45) is 17.8 Å². The second kappa shape index (κ2) is 4.63. The highest BCUT2D eigenvalue weighted by atomic mass is 14.9. The van der Waals surface area contributed by atoms with Crippen LogP contribution in [0, 0.1) is 17.8 Å². The summed E-state index contributed by atoms with van der Waals surface area (Å²) < 4.78 is 0. The van der Waals surface area contributed by atoms with Crippen molar-refractivity contribution in [1.82, 2.24) is 5.32 Å². The quantitative estimate of drug-likeness (QED) is 0.851. The lowest BCUT2D eigenvalue weighted by Crippen LogP contribution is -2.24. The van der Waals surface area contributed by atoms with Crippen LogP contribution < -0.4 is 5.32 Å². The maximum Gasteiger partial charge on any atom is 0.0346 e. The van der Waals surface area contributed by atoms with Gasteiger partial charge in [-0.15, -0.1) is 0 Å². The van der Waals surface area contributed by atoms with Crippen LogP contribution in [0.25, 0.3) is 0 Å². The van der Waals surface area contributed by atoms with Crippen molar-refractivity contribution in [1.29, 1.82) is 0 Å². The van der Waals surface area contributed by atoms with Gasteiger partial charge in [0, 0.05) is 6.04 Å². The fourth-order valence-corrected chi connectivity index (χ4v) is 3.90. The Kier molecular flexibility index (Phi) is 3.21. The number of hydrogen-bond acceptors (Lipinski definition) is 1. The van der Waals surface area contributed by atoms with Crippen LogP contribution in [-0.4, -0.2) is 7.05 Å². The molecule has 0 radical (unpaired) electrons. The van der Waals surface area contributed by atoms with Crippen molar-refractivity contribution in [2.75, 3.05) is 7.05 Å². The van der Waals surface area contributed by atoms with Crippen molar-refractivity contribution >= 4 is 0 Å². The molecule has 2 aliphatic rings. The highest BCUT2D eigenvalue weighted by Gasteiger charge is 2.47. The molecule has 1 N–H and O–H groups in total. The SMILES string of the molecule is CNC(c1ccc(C(C)(C)C)cc1)C1CC2CC2C1. The van der Waals surface area contributed by atoms with Crippen molar-refractivity contribution in [3.8, 4) is 0 Å². The first-order valence-corrected chi connectivity index (χ1v) is 7.76. The topological polar surface area (TPSA) is 12.0 Å². The molecule has 0 bridgehead atoms. The molecule has 2 fully saturated rings. The Bertz CT molecular complexity index is 430. The van der Waals surface area contributed by atoms with Gasteiger partial charge in [-0.3, -0.25) is 0 Å². The van der Waals surface area contributed by atoms with Crippen LogP contribution >= 0.6 is 0 Å². The van der Waals surface area contributed by atoms with Gasteiger partial charge in [-0.05, 0) is 60.6 Å². The normalized spacial score (nSPS) is 31.1. The maximum atomic E-state index is 3.56. The van der Waals surface area contributed by atoms with Gasteiger partial charge in [0.05, 0.1) is 0 Å². The second-order valence-corrected chi connectivity index (χ2v) is 7.63. The monoisotopic (exact) mass is 257 g/mol. The molecule has 1 nitrogen and oxygen atoms in total. The van der Waals surface area contributed by atoms with Gasteiger partial charge in [0.1, 0.15) is 0 Å². The first-order chi connectivity index (χ1) is 8.99. The fourth-order valence-electron chi connectivity index (χ4n) is 3.90. The Morgan fingerprint density at radius 1 is 1.00 bits per heavy atom. The average Bonchev–Trinajstić information content (AvgIpc) is 2.97. The number of fused-ring (bicyclic) bond motifs is 1. The molecule has 1 aromatic rings. The minimum absolute atomic E-state index is 0.253. The van der Waals surface area contributed by atoms with E-state index in [0.717, 1.165) is 17.8 Å². The van der Waals surface area contributed by atoms with E-state index >= 15 is 0 Å². The Morgan fingerprint density at radius 3 is 2.05 bits per heavy atom. The van der Waals surface area contributed by atoms with Crippen LogP contribution in [0.1, 0.15) is 57.2 Å². The summed E-state index contributed by atoms with van der Waals surface area (Å²) in [5.41, 5.74) is 3.16. The fraction of sp³-hybridized carbons (Fsp3) is 0.667. The molecule has 0 aromatic heterocycles. The number of rotatable bonds is 3. The van der Waals surface area contributed by atoms with Crippen LogP contribution in [0.3, 0.4) is 0 Å². The van der Waals surface area contributed by atoms with Gasteiger partial charge in [0.25, 0.3) is 0 Å². The molecule has 104 valence electrons. The average molecular weight is 257 g/mol. The van der Waals surface area contributed by atoms with Gasteiger partial charge < -0.3 is 5.32 Å². The summed E-state index contributed by atoms with van der Waals surface area (Å²) in [5.74, 6) is 2.98. The molecule has 3 atom stereocenters. The van der Waals surface area contributed by atoms with Crippen molar-refractivity contribution in [3.63, 3.8) is 0 Å². The number of benzene rings is 1. The van der Waals surface area contributed by atoms with Crippen molar-refractivity contribution in [3.05, 3.63) is 35.4 Å². The first-order valence-electron chi connectivity index (χ1n) is 7.76. The minimum Gasteiger partial charge on any atom is -0.313 e. The van der Waals surface area contributed by atoms with E-state index in [1.54, 1.807) is 0 Å². The summed E-state index contributed by atoms with van der Waals surface area (Å²) in [4.78, 5) is 0. The molecule has 0 aliphatic heterocycles. The third-order valence-corrected chi connectivity index (χ3v) is 5.20. The van der Waals surface area contributed by atoms with E-state index < -0.39 is 0 Å². The zero-order valence-electron chi connectivity index (χ0n) is 12.7. The standard InChI is InChI=1S/C18H27N/c1-18(2,3)16-7-5-12(6-8-16)17(19-4)15-10-13-9-14(13)11-15/h5-8,13-15,17,19H,9-11H2,1-4H3. The van der Waals surface area contributed by atoms with E-state index in [1.165, 1.54) is 30.4 Å². The van der Waals surface area contributed by atoms with Gasteiger partial charge in [0.15, 0.2) is 0 Å². The van der Waals surface area contributed by atoms with Crippen LogP contribution in [0.4, 0.5) is 0 Å². The summed E-state index contributed by atoms with van der Waals surface area (Å²) in [5, 5.41) is 3.56. The van der Waals surface area contributed by atoms with E-state index in [-0.39, 0.29) is 5.41 Å². The van der Waals surface area contributed by atoms with E-state index in [1.807, 2.05) is 0 Å². The summed E-state index contributed by atoms with van der Waals surface area (Å²) >= 11 is 0.